The highest BCUT2D eigenvalue weighted by Crippen LogP contribution is 2.38. The third kappa shape index (κ3) is 4.13. The summed E-state index contributed by atoms with van der Waals surface area (Å²) >= 11 is 0. The van der Waals surface area contributed by atoms with Crippen molar-refractivity contribution in [2.75, 3.05) is 10.6 Å². The smallest absolute Gasteiger partial charge is 0.247 e. The number of anilines is 1. The lowest BCUT2D eigenvalue weighted by Crippen LogP contribution is -2.24. The van der Waals surface area contributed by atoms with Crippen molar-refractivity contribution < 1.29 is 34.8 Å². The van der Waals surface area contributed by atoms with Gasteiger partial charge in [0.2, 0.25) is 10.0 Å². The van der Waals surface area contributed by atoms with E-state index in [4.69, 9.17) is 0 Å². The van der Waals surface area contributed by atoms with E-state index in [1.165, 1.54) is 0 Å². The number of rotatable bonds is 3. The van der Waals surface area contributed by atoms with Gasteiger partial charge in [0.15, 0.2) is 0 Å². The Morgan fingerprint density at radius 2 is 1.38 bits per heavy atom. The molecule has 0 aromatic heterocycles. The monoisotopic (exact) mass is 333 g/mol. The fourth-order valence-corrected chi connectivity index (χ4v) is 2.26. The van der Waals surface area contributed by atoms with Crippen LogP contribution in [0.4, 0.5) is 32.0 Å². The molecule has 1 aromatic carbocycles. The fourth-order valence-electron chi connectivity index (χ4n) is 1.50. The molecule has 0 N–H and O–H groups in total. The van der Waals surface area contributed by atoms with Gasteiger partial charge in [0.1, 0.15) is 0 Å². The van der Waals surface area contributed by atoms with Crippen molar-refractivity contribution in [3.8, 4) is 0 Å². The minimum atomic E-state index is -5.06. The van der Waals surface area contributed by atoms with Crippen LogP contribution in [0.2, 0.25) is 0 Å². The van der Waals surface area contributed by atoms with E-state index in [9.17, 15) is 34.8 Å². The predicted molar refractivity (Wildman–Crippen MR) is 64.0 cm³/mol. The van der Waals surface area contributed by atoms with E-state index in [2.05, 4.69) is 6.58 Å². The van der Waals surface area contributed by atoms with E-state index in [1.807, 2.05) is 0 Å². The minimum absolute atomic E-state index is 0.0902. The van der Waals surface area contributed by atoms with Crippen molar-refractivity contribution in [3.63, 3.8) is 0 Å². The zero-order valence-electron chi connectivity index (χ0n) is 10.5. The average Bonchev–Trinajstić information content (AvgIpc) is 2.25. The molecule has 3 nitrogen and oxygen atoms in total. The molecule has 10 heteroatoms. The first-order valence-corrected chi connectivity index (χ1v) is 7.03. The van der Waals surface area contributed by atoms with Crippen molar-refractivity contribution in [1.29, 1.82) is 0 Å². The predicted octanol–water partition coefficient (Wildman–Crippen LogP) is 3.63. The van der Waals surface area contributed by atoms with Gasteiger partial charge in [-0.2, -0.15) is 26.3 Å². The maximum Gasteiger partial charge on any atom is 0.416 e. The summed E-state index contributed by atoms with van der Waals surface area (Å²) in [4.78, 5) is 0. The van der Waals surface area contributed by atoms with Crippen LogP contribution in [-0.2, 0) is 22.4 Å². The molecule has 0 aliphatic rings. The molecule has 0 saturated heterocycles. The fraction of sp³-hybridized carbons (Fsp3) is 0.273. The Labute approximate surface area is 116 Å². The maximum atomic E-state index is 12.6. The molecule has 0 spiro atoms. The molecule has 0 saturated carbocycles. The highest BCUT2D eigenvalue weighted by Gasteiger charge is 2.37. The number of benzene rings is 1. The molecule has 0 aliphatic heterocycles. The summed E-state index contributed by atoms with van der Waals surface area (Å²) in [7, 11) is -4.11. The molecule has 0 atom stereocenters. The summed E-state index contributed by atoms with van der Waals surface area (Å²) in [6.45, 7) is 3.07. The molecule has 0 fully saturated rings. The largest absolute Gasteiger partial charge is 0.416 e. The van der Waals surface area contributed by atoms with Crippen LogP contribution in [0.3, 0.4) is 0 Å². The molecule has 0 radical (unpaired) electrons. The summed E-state index contributed by atoms with van der Waals surface area (Å²) in [5.74, 6) is 0. The van der Waals surface area contributed by atoms with Crippen LogP contribution in [0.1, 0.15) is 11.1 Å². The quantitative estimate of drug-likeness (QED) is 0.792. The molecule has 118 valence electrons. The Kier molecular flexibility index (Phi) is 4.33. The Morgan fingerprint density at radius 3 is 1.62 bits per heavy atom. The lowest BCUT2D eigenvalue weighted by atomic mass is 10.1. The summed E-state index contributed by atoms with van der Waals surface area (Å²) < 4.78 is 98.8. The number of hydrogen-bond donors (Lipinski definition) is 0. The molecule has 0 heterocycles. The zero-order valence-corrected chi connectivity index (χ0v) is 11.3. The van der Waals surface area contributed by atoms with Crippen LogP contribution >= 0.6 is 0 Å². The van der Waals surface area contributed by atoms with Crippen LogP contribution in [-0.4, -0.2) is 14.7 Å². The van der Waals surface area contributed by atoms with Gasteiger partial charge in [-0.1, -0.05) is 6.58 Å². The molecule has 0 bridgehead atoms. The zero-order chi connectivity index (χ0) is 16.6. The van der Waals surface area contributed by atoms with Gasteiger partial charge in [0, 0.05) is 6.20 Å². The maximum absolute atomic E-state index is 12.6. The summed E-state index contributed by atoms with van der Waals surface area (Å²) in [6.07, 6.45) is -8.87. The first-order valence-electron chi connectivity index (χ1n) is 5.18. The lowest BCUT2D eigenvalue weighted by Gasteiger charge is -2.21. The van der Waals surface area contributed by atoms with Crippen LogP contribution in [0.15, 0.2) is 31.0 Å². The van der Waals surface area contributed by atoms with Crippen LogP contribution in [0, 0.1) is 0 Å². The van der Waals surface area contributed by atoms with Gasteiger partial charge in [0.25, 0.3) is 0 Å². The number of sulfonamides is 1. The van der Waals surface area contributed by atoms with Crippen LogP contribution < -0.4 is 4.31 Å². The van der Waals surface area contributed by atoms with Crippen molar-refractivity contribution in [2.24, 2.45) is 0 Å². The van der Waals surface area contributed by atoms with Gasteiger partial charge in [-0.15, -0.1) is 0 Å². The average molecular weight is 333 g/mol. The second kappa shape index (κ2) is 5.24. The molecule has 0 unspecified atom stereocenters. The summed E-state index contributed by atoms with van der Waals surface area (Å²) in [5, 5.41) is 0. The first-order chi connectivity index (χ1) is 9.26. The second-order valence-corrected chi connectivity index (χ2v) is 5.86. The molecule has 1 aromatic rings. The highest BCUT2D eigenvalue weighted by atomic mass is 32.2. The third-order valence-corrected chi connectivity index (χ3v) is 3.42. The third-order valence-electron chi connectivity index (χ3n) is 2.35. The van der Waals surface area contributed by atoms with E-state index in [1.54, 1.807) is 0 Å². The van der Waals surface area contributed by atoms with Gasteiger partial charge in [0.05, 0.1) is 23.1 Å². The Hall–Kier alpha value is -1.71. The molecule has 0 aliphatic carbocycles. The van der Waals surface area contributed by atoms with E-state index >= 15 is 0 Å². The van der Waals surface area contributed by atoms with Gasteiger partial charge < -0.3 is 0 Å². The second-order valence-electron chi connectivity index (χ2n) is 4.01. The van der Waals surface area contributed by atoms with Crippen molar-refractivity contribution >= 4 is 15.7 Å². The topological polar surface area (TPSA) is 37.4 Å². The van der Waals surface area contributed by atoms with Crippen molar-refractivity contribution in [2.45, 2.75) is 12.4 Å². The van der Waals surface area contributed by atoms with Crippen LogP contribution in [0.5, 0.6) is 0 Å². The number of nitrogens with zero attached hydrogens (tertiary/aromatic N) is 1. The minimum Gasteiger partial charge on any atom is -0.247 e. The number of alkyl halides is 6. The van der Waals surface area contributed by atoms with E-state index < -0.39 is 39.2 Å². The lowest BCUT2D eigenvalue weighted by molar-refractivity contribution is -0.143. The number of hydrogen-bond acceptors (Lipinski definition) is 2. The van der Waals surface area contributed by atoms with Crippen molar-refractivity contribution in [3.05, 3.63) is 42.1 Å². The van der Waals surface area contributed by atoms with Gasteiger partial charge in [-0.25, -0.2) is 12.7 Å². The van der Waals surface area contributed by atoms with Gasteiger partial charge in [-0.3, -0.25) is 0 Å². The van der Waals surface area contributed by atoms with E-state index in [0.29, 0.717) is 24.6 Å². The Morgan fingerprint density at radius 1 is 1.00 bits per heavy atom. The Balaban J connectivity index is 3.64. The van der Waals surface area contributed by atoms with E-state index in [0.717, 1.165) is 0 Å². The standard InChI is InChI=1S/C11H9F6NO2S/c1-3-18(21(2,19)20)9-5-7(10(12,13)14)4-8(6-9)11(15,16)17/h3-6H,1H2,2H3. The van der Waals surface area contributed by atoms with E-state index in [-0.39, 0.29) is 10.4 Å². The normalized spacial score (nSPS) is 13.1. The first kappa shape index (κ1) is 17.3. The van der Waals surface area contributed by atoms with Gasteiger partial charge >= 0.3 is 12.4 Å². The molecular weight excluding hydrogens is 324 g/mol. The molecule has 1 rings (SSSR count). The molecule has 21 heavy (non-hydrogen) atoms. The summed E-state index contributed by atoms with van der Waals surface area (Å²) in [6, 6.07) is 0.517. The number of halogens is 6. The Bertz CT molecular complexity index is 615. The SMILES string of the molecule is C=CN(c1cc(C(F)(F)F)cc(C(F)(F)F)c1)S(C)(=O)=O. The van der Waals surface area contributed by atoms with Gasteiger partial charge in [-0.05, 0) is 18.2 Å². The molecular formula is C11H9F6NO2S. The molecule has 0 amide bonds. The highest BCUT2D eigenvalue weighted by molar-refractivity contribution is 7.92. The van der Waals surface area contributed by atoms with Crippen LogP contribution in [0.25, 0.3) is 0 Å². The van der Waals surface area contributed by atoms with Crippen molar-refractivity contribution in [1.82, 2.24) is 0 Å². The summed E-state index contributed by atoms with van der Waals surface area (Å²) in [5.41, 5.74) is -4.01.